The van der Waals surface area contributed by atoms with E-state index >= 15 is 4.39 Å². The summed E-state index contributed by atoms with van der Waals surface area (Å²) in [7, 11) is 1.59. The lowest BCUT2D eigenvalue weighted by molar-refractivity contribution is -0.238. The summed E-state index contributed by atoms with van der Waals surface area (Å²) in [5, 5.41) is 9.30. The topological polar surface area (TPSA) is 142 Å². The minimum absolute atomic E-state index is 0.0663. The van der Waals surface area contributed by atoms with Gasteiger partial charge in [-0.1, -0.05) is 36.4 Å². The number of aromatic nitrogens is 3. The number of hydrogen-bond donors (Lipinski definition) is 1. The van der Waals surface area contributed by atoms with Crippen LogP contribution in [0.4, 0.5) is 15.0 Å². The smallest absolute Gasteiger partial charge is 0.416 e. The van der Waals surface area contributed by atoms with Gasteiger partial charge in [-0.2, -0.15) is 9.28 Å². The number of fused-ring (bicyclic) bond motifs is 1. The van der Waals surface area contributed by atoms with Crippen molar-refractivity contribution in [2.75, 3.05) is 25.2 Å². The second-order valence-electron chi connectivity index (χ2n) is 11.2. The van der Waals surface area contributed by atoms with Crippen LogP contribution in [0.3, 0.4) is 0 Å². The Bertz CT molecular complexity index is 1940. The van der Waals surface area contributed by atoms with E-state index in [1.54, 1.807) is 40.0 Å². The van der Waals surface area contributed by atoms with Crippen LogP contribution in [0.5, 0.6) is 5.75 Å². The van der Waals surface area contributed by atoms with E-state index in [0.29, 0.717) is 11.3 Å². The molecule has 0 aliphatic heterocycles. The van der Waals surface area contributed by atoms with Crippen LogP contribution >= 0.6 is 0 Å². The van der Waals surface area contributed by atoms with E-state index in [0.717, 1.165) is 21.8 Å². The zero-order chi connectivity index (χ0) is 33.7. The summed E-state index contributed by atoms with van der Waals surface area (Å²) in [5.74, 6) is -2.55. The third-order valence-corrected chi connectivity index (χ3v) is 6.79. The van der Waals surface area contributed by atoms with Crippen molar-refractivity contribution in [2.45, 2.75) is 26.4 Å². The molecular weight excluding hydrogens is 611 g/mol. The van der Waals surface area contributed by atoms with E-state index in [-0.39, 0.29) is 35.7 Å². The van der Waals surface area contributed by atoms with Crippen molar-refractivity contribution in [3.05, 3.63) is 102 Å². The van der Waals surface area contributed by atoms with Gasteiger partial charge in [-0.25, -0.2) is 24.4 Å². The fraction of sp³-hybridized carbons (Fsp3) is 0.206. The standard InChI is InChI=1S/C34H31FN4O8/c1-34(2,3)46-33(43)39(17-18-45-47-32(42)26-8-6-5-7-25(26)31(40)41)29-16-14-24(30(35)37-29)21-9-11-22(12-10-21)27-20-38-19-23(44-4)13-15-28(38)36-27/h5-16,19-20H,17-18H2,1-4H3,(H,40,41). The number of rotatable bonds is 10. The highest BCUT2D eigenvalue weighted by atomic mass is 19.1. The largest absolute Gasteiger partial charge is 0.495 e. The van der Waals surface area contributed by atoms with E-state index in [2.05, 4.69) is 9.97 Å². The predicted octanol–water partition coefficient (Wildman–Crippen LogP) is 6.44. The first-order chi connectivity index (χ1) is 22.4. The highest BCUT2D eigenvalue weighted by Gasteiger charge is 2.26. The molecule has 0 bridgehead atoms. The molecule has 242 valence electrons. The van der Waals surface area contributed by atoms with Gasteiger partial charge in [0.25, 0.3) is 0 Å². The SMILES string of the molecule is COc1ccc2nc(-c3ccc(-c4ccc(N(CCOOC(=O)c5ccccc5C(=O)O)C(=O)OC(C)(C)C)nc4F)cc3)cn2c1. The Morgan fingerprint density at radius 2 is 1.60 bits per heavy atom. The highest BCUT2D eigenvalue weighted by Crippen LogP contribution is 2.28. The molecule has 13 heteroatoms. The quantitative estimate of drug-likeness (QED) is 0.0783. The first-order valence-corrected chi connectivity index (χ1v) is 14.4. The molecule has 1 N–H and O–H groups in total. The molecule has 47 heavy (non-hydrogen) atoms. The molecule has 3 aromatic heterocycles. The van der Waals surface area contributed by atoms with Crippen molar-refractivity contribution in [2.24, 2.45) is 0 Å². The second-order valence-corrected chi connectivity index (χ2v) is 11.2. The molecule has 0 saturated heterocycles. The number of pyridine rings is 2. The lowest BCUT2D eigenvalue weighted by Crippen LogP contribution is -2.39. The Kier molecular flexibility index (Phi) is 9.47. The van der Waals surface area contributed by atoms with E-state index in [4.69, 9.17) is 19.2 Å². The van der Waals surface area contributed by atoms with Crippen LogP contribution in [0.15, 0.2) is 85.2 Å². The molecule has 1 amide bonds. The molecule has 0 aliphatic carbocycles. The molecule has 0 aliphatic rings. The number of anilines is 1. The number of methoxy groups -OCH3 is 1. The number of imidazole rings is 1. The summed E-state index contributed by atoms with van der Waals surface area (Å²) < 4.78 is 28.0. The number of ether oxygens (including phenoxy) is 2. The fourth-order valence-corrected chi connectivity index (χ4v) is 4.57. The van der Waals surface area contributed by atoms with Crippen LogP contribution in [0.2, 0.25) is 0 Å². The van der Waals surface area contributed by atoms with Crippen molar-refractivity contribution in [3.8, 4) is 28.1 Å². The molecule has 5 rings (SSSR count). The average Bonchev–Trinajstić information content (AvgIpc) is 3.47. The van der Waals surface area contributed by atoms with Gasteiger partial charge in [0.1, 0.15) is 29.4 Å². The zero-order valence-corrected chi connectivity index (χ0v) is 26.0. The van der Waals surface area contributed by atoms with Crippen molar-refractivity contribution in [1.82, 2.24) is 14.4 Å². The Morgan fingerprint density at radius 3 is 2.26 bits per heavy atom. The fourth-order valence-electron chi connectivity index (χ4n) is 4.57. The maximum absolute atomic E-state index is 15.5. The summed E-state index contributed by atoms with van der Waals surface area (Å²) in [6.45, 7) is 4.41. The van der Waals surface area contributed by atoms with Gasteiger partial charge >= 0.3 is 18.0 Å². The van der Waals surface area contributed by atoms with Crippen LogP contribution in [0, 0.1) is 5.95 Å². The van der Waals surface area contributed by atoms with Crippen LogP contribution in [0.1, 0.15) is 41.5 Å². The first-order valence-electron chi connectivity index (χ1n) is 14.4. The van der Waals surface area contributed by atoms with Gasteiger partial charge < -0.3 is 19.0 Å². The molecule has 2 aromatic carbocycles. The Labute approximate surface area is 268 Å². The van der Waals surface area contributed by atoms with Crippen molar-refractivity contribution in [1.29, 1.82) is 0 Å². The summed E-state index contributed by atoms with van der Waals surface area (Å²) >= 11 is 0. The predicted molar refractivity (Wildman–Crippen MR) is 169 cm³/mol. The lowest BCUT2D eigenvalue weighted by atomic mass is 10.0. The molecule has 0 saturated carbocycles. The van der Waals surface area contributed by atoms with E-state index < -0.39 is 29.6 Å². The van der Waals surface area contributed by atoms with Gasteiger partial charge in [0.05, 0.1) is 36.7 Å². The number of carbonyl (C=O) groups is 3. The molecule has 0 fully saturated rings. The van der Waals surface area contributed by atoms with Crippen LogP contribution in [-0.2, 0) is 14.5 Å². The van der Waals surface area contributed by atoms with Gasteiger partial charge in [-0.05, 0) is 62.7 Å². The van der Waals surface area contributed by atoms with Gasteiger partial charge in [-0.3, -0.25) is 9.79 Å². The molecule has 12 nitrogen and oxygen atoms in total. The number of halogens is 1. The van der Waals surface area contributed by atoms with Gasteiger partial charge in [0.2, 0.25) is 5.95 Å². The molecule has 0 unspecified atom stereocenters. The number of benzene rings is 2. The van der Waals surface area contributed by atoms with Gasteiger partial charge in [0.15, 0.2) is 0 Å². The molecule has 5 aromatic rings. The number of hydrogen-bond acceptors (Lipinski definition) is 9. The third kappa shape index (κ3) is 7.71. The number of carbonyl (C=O) groups excluding carboxylic acids is 2. The molecule has 0 atom stereocenters. The van der Waals surface area contributed by atoms with Crippen molar-refractivity contribution < 1.29 is 43.1 Å². The summed E-state index contributed by atoms with van der Waals surface area (Å²) in [4.78, 5) is 56.3. The monoisotopic (exact) mass is 642 g/mol. The number of nitrogens with zero attached hydrogens (tertiary/aromatic N) is 4. The van der Waals surface area contributed by atoms with Crippen molar-refractivity contribution in [3.63, 3.8) is 0 Å². The normalized spacial score (nSPS) is 11.3. The molecule has 0 radical (unpaired) electrons. The molecular formula is C34H31FN4O8. The zero-order valence-electron chi connectivity index (χ0n) is 26.0. The lowest BCUT2D eigenvalue weighted by Gasteiger charge is -2.26. The van der Waals surface area contributed by atoms with E-state index in [1.807, 2.05) is 41.1 Å². The third-order valence-electron chi connectivity index (χ3n) is 6.79. The Hall–Kier alpha value is -5.82. The molecule has 3 heterocycles. The van der Waals surface area contributed by atoms with Crippen LogP contribution in [0.25, 0.3) is 28.0 Å². The highest BCUT2D eigenvalue weighted by molar-refractivity contribution is 6.02. The number of carboxylic acid groups (broad SMARTS) is 1. The number of carboxylic acids is 1. The minimum Gasteiger partial charge on any atom is -0.495 e. The van der Waals surface area contributed by atoms with E-state index in [1.165, 1.54) is 36.4 Å². The first kappa shape index (κ1) is 32.6. The molecule has 0 spiro atoms. The Balaban J connectivity index is 1.30. The van der Waals surface area contributed by atoms with E-state index in [9.17, 15) is 19.5 Å². The summed E-state index contributed by atoms with van der Waals surface area (Å²) in [5.41, 5.74) is 1.70. The van der Waals surface area contributed by atoms with Gasteiger partial charge in [0, 0.05) is 17.3 Å². The minimum atomic E-state index is -1.31. The second kappa shape index (κ2) is 13.7. The Morgan fingerprint density at radius 1 is 0.894 bits per heavy atom. The van der Waals surface area contributed by atoms with Gasteiger partial charge in [-0.15, -0.1) is 0 Å². The maximum Gasteiger partial charge on any atom is 0.416 e. The summed E-state index contributed by atoms with van der Waals surface area (Å²) in [6.07, 6.45) is 2.86. The van der Waals surface area contributed by atoms with Crippen LogP contribution < -0.4 is 9.64 Å². The number of amides is 1. The maximum atomic E-state index is 15.5. The average molecular weight is 643 g/mol. The van der Waals surface area contributed by atoms with Crippen molar-refractivity contribution >= 4 is 29.5 Å². The van der Waals surface area contributed by atoms with Crippen LogP contribution in [-0.4, -0.2) is 63.4 Å². The number of aromatic carboxylic acids is 1. The summed E-state index contributed by atoms with van der Waals surface area (Å²) in [6, 6.07) is 19.2.